The molecule has 1 unspecified atom stereocenters. The van der Waals surface area contributed by atoms with Gasteiger partial charge in [-0.1, -0.05) is 75.7 Å². The van der Waals surface area contributed by atoms with E-state index in [0.717, 1.165) is 23.1 Å². The predicted octanol–water partition coefficient (Wildman–Crippen LogP) is 1.08. The lowest BCUT2D eigenvalue weighted by molar-refractivity contribution is -0.147. The highest BCUT2D eigenvalue weighted by Gasteiger charge is 2.45. The fourth-order valence-electron chi connectivity index (χ4n) is 12.2. The van der Waals surface area contributed by atoms with E-state index in [1.165, 1.54) is 45.1 Å². The summed E-state index contributed by atoms with van der Waals surface area (Å²) in [5.41, 5.74) is 2.97. The van der Waals surface area contributed by atoms with Crippen molar-refractivity contribution >= 4 is 113 Å². The van der Waals surface area contributed by atoms with E-state index in [1.807, 2.05) is 25.1 Å². The van der Waals surface area contributed by atoms with Crippen LogP contribution in [0.3, 0.4) is 0 Å². The number of rotatable bonds is 25. The average molecular weight is 1440 g/mol. The number of benzene rings is 2. The Labute approximate surface area is 588 Å². The van der Waals surface area contributed by atoms with E-state index >= 15 is 0 Å². The molecule has 0 aliphatic carbocycles. The lowest BCUT2D eigenvalue weighted by atomic mass is 10.0. The van der Waals surface area contributed by atoms with Gasteiger partial charge in [-0.15, -0.1) is 0 Å². The molecular weight excluding hydrogens is 1340 g/mol. The fraction of sp³-hybridized carbons (Fsp3) is 0.621. The number of carbonyl (C=O) groups excluding carboxylic acids is 8. The molecule has 99 heavy (non-hydrogen) atoms. The maximum atomic E-state index is 14.8. The molecule has 4 heterocycles. The van der Waals surface area contributed by atoms with Crippen molar-refractivity contribution in [1.82, 2.24) is 61.7 Å². The highest BCUT2D eigenvalue weighted by atomic mass is 32.2. The monoisotopic (exact) mass is 1440 g/mol. The Bertz CT molecular complexity index is 3110. The summed E-state index contributed by atoms with van der Waals surface area (Å²) in [5, 5.41) is 68.7. The standard InChI is InChI=1S/C66H96N12O18S3/c1-4-5-19-68-66(96)72-48-39-98-37-44-30-43(36-97-29-20-67-53(79)17-16-52(65(94)95)76-27-25-74(34-55(82)83)23-24-75(26-28-76)35-56(84)85)31-45(32-44)38-99-40-49(64(92)93)71-59(87)47(33-42-11-7-6-8-12-42)70-58(86)46(15-18-54(80)81)69-61(89)57(41(2)3)73-60(88)50-13-9-21-77(50)63(91)51-14-10-22-78(51)62(48)90/h6-8,11-12,30-32,41,46-52,57H,4-5,9-10,13-29,33-40H2,1-3H3,(H,67,79)(H,69,89)(H,70,86)(H,71,87)(H,73,88)(H,80,81)(H,82,83)(H,84,85)(H,92,93)(H,94,95)(H2,68,72,96)/t46-,47-,48-,49-,50-,51-,52?,57-/m0/s1. The van der Waals surface area contributed by atoms with Crippen LogP contribution in [0.4, 0.5) is 4.79 Å². The highest BCUT2D eigenvalue weighted by molar-refractivity contribution is 7.99. The zero-order valence-electron chi connectivity index (χ0n) is 56.3. The van der Waals surface area contributed by atoms with Gasteiger partial charge in [0, 0.05) is 119 Å². The van der Waals surface area contributed by atoms with Crippen LogP contribution in [-0.2, 0) is 81.2 Å². The zero-order valence-corrected chi connectivity index (χ0v) is 58.8. The van der Waals surface area contributed by atoms with Gasteiger partial charge in [-0.3, -0.25) is 67.4 Å². The van der Waals surface area contributed by atoms with Gasteiger partial charge in [-0.2, -0.15) is 35.3 Å². The molecule has 4 aliphatic rings. The predicted molar refractivity (Wildman–Crippen MR) is 370 cm³/mol. The second-order valence-corrected chi connectivity index (χ2v) is 28.6. The molecule has 12 N–H and O–H groups in total. The molecule has 8 atom stereocenters. The molecule has 33 heteroatoms. The summed E-state index contributed by atoms with van der Waals surface area (Å²) in [6, 6.07) is 3.67. The molecule has 30 nitrogen and oxygen atoms in total. The molecule has 0 saturated carbocycles. The number of carboxylic acid groups (broad SMARTS) is 5. The number of nitrogens with zero attached hydrogens (tertiary/aromatic N) is 5. The minimum atomic E-state index is -1.57. The van der Waals surface area contributed by atoms with Gasteiger partial charge >= 0.3 is 35.9 Å². The average Bonchev–Trinajstić information content (AvgIpc) is 1.68. The second kappa shape index (κ2) is 41.1. The number of unbranched alkanes of at least 4 members (excludes halogenated alkanes) is 1. The quantitative estimate of drug-likeness (QED) is 0.0619. The lowest BCUT2D eigenvalue weighted by Gasteiger charge is -2.33. The van der Waals surface area contributed by atoms with Gasteiger partial charge in [0.25, 0.3) is 0 Å². The lowest BCUT2D eigenvalue weighted by Crippen LogP contribution is -2.60. The Morgan fingerprint density at radius 2 is 1.22 bits per heavy atom. The van der Waals surface area contributed by atoms with Crippen molar-refractivity contribution in [3.05, 3.63) is 70.8 Å². The van der Waals surface area contributed by atoms with E-state index < -0.39 is 144 Å². The van der Waals surface area contributed by atoms with Crippen molar-refractivity contribution in [3.63, 3.8) is 0 Å². The van der Waals surface area contributed by atoms with Gasteiger partial charge in [0.2, 0.25) is 41.4 Å². The molecule has 0 spiro atoms. The number of fused-ring (bicyclic) bond motifs is 4. The molecule has 2 bridgehead atoms. The summed E-state index contributed by atoms with van der Waals surface area (Å²) < 4.78 is 0. The Hall–Kier alpha value is -7.72. The topological polar surface area (TPSA) is 423 Å². The minimum absolute atomic E-state index is 0.0680. The summed E-state index contributed by atoms with van der Waals surface area (Å²) in [6.07, 6.45) is 1.44. The first-order valence-electron chi connectivity index (χ1n) is 33.6. The van der Waals surface area contributed by atoms with Crippen molar-refractivity contribution in [2.75, 3.05) is 95.8 Å². The zero-order chi connectivity index (χ0) is 72.1. The maximum absolute atomic E-state index is 14.8. The molecule has 2 aromatic rings. The Morgan fingerprint density at radius 1 is 0.626 bits per heavy atom. The number of carboxylic acids is 5. The molecule has 6 rings (SSSR count). The second-order valence-electron chi connectivity index (χ2n) is 25.4. The number of amides is 9. The summed E-state index contributed by atoms with van der Waals surface area (Å²) >= 11 is 4.03. The first-order chi connectivity index (χ1) is 47.3. The molecule has 0 aromatic heterocycles. The van der Waals surface area contributed by atoms with Gasteiger partial charge in [0.05, 0.1) is 13.1 Å². The third kappa shape index (κ3) is 26.7. The van der Waals surface area contributed by atoms with Crippen LogP contribution in [0, 0.1) is 5.92 Å². The van der Waals surface area contributed by atoms with E-state index in [2.05, 4.69) is 37.2 Å². The largest absolute Gasteiger partial charge is 0.481 e. The Balaban J connectivity index is 1.25. The first kappa shape index (κ1) is 80.3. The molecule has 3 fully saturated rings. The molecule has 546 valence electrons. The SMILES string of the molecule is CCCCNC(=O)N[C@H]1CSCc2cc(CSCCNC(=O)CCC(C(=O)O)N3CCN(CC(=O)O)CCN(CC(=O)O)CC3)cc(c2)CSC[C@@H](C(=O)O)NC(=O)[C@H](Cc2ccccc2)NC(=O)[C@H](CCC(=O)O)NC(=O)[C@H](C(C)C)NC(=O)[C@@H]2CCCN2C(=O)[C@@H]2CCCN2C1=O. The van der Waals surface area contributed by atoms with Crippen LogP contribution in [-0.4, -0.2) is 271 Å². The number of hydrogen-bond donors (Lipinski definition) is 12. The first-order valence-corrected chi connectivity index (χ1v) is 37.1. The van der Waals surface area contributed by atoms with E-state index in [4.69, 9.17) is 0 Å². The van der Waals surface area contributed by atoms with E-state index in [1.54, 1.807) is 58.9 Å². The Morgan fingerprint density at radius 3 is 1.82 bits per heavy atom. The smallest absolute Gasteiger partial charge is 0.327 e. The van der Waals surface area contributed by atoms with Gasteiger partial charge in [0.15, 0.2) is 0 Å². The molecule has 3 saturated heterocycles. The van der Waals surface area contributed by atoms with Crippen molar-refractivity contribution in [3.8, 4) is 0 Å². The summed E-state index contributed by atoms with van der Waals surface area (Å²) in [7, 11) is 0. The molecule has 9 amide bonds. The number of carbonyl (C=O) groups is 13. The summed E-state index contributed by atoms with van der Waals surface area (Å²) in [4.78, 5) is 182. The third-order valence-corrected chi connectivity index (χ3v) is 20.7. The number of urea groups is 1. The molecule has 2 aromatic carbocycles. The fourth-order valence-corrected chi connectivity index (χ4v) is 15.0. The third-order valence-electron chi connectivity index (χ3n) is 17.4. The number of nitrogens with one attached hydrogen (secondary N) is 7. The van der Waals surface area contributed by atoms with Gasteiger partial charge in [-0.05, 0) is 73.1 Å². The van der Waals surface area contributed by atoms with Crippen LogP contribution in [0.2, 0.25) is 0 Å². The minimum Gasteiger partial charge on any atom is -0.481 e. The normalized spacial score (nSPS) is 23.1. The van der Waals surface area contributed by atoms with E-state index in [9.17, 15) is 87.9 Å². The van der Waals surface area contributed by atoms with E-state index in [-0.39, 0.29) is 121 Å². The van der Waals surface area contributed by atoms with Crippen molar-refractivity contribution in [2.45, 2.75) is 157 Å². The van der Waals surface area contributed by atoms with Crippen LogP contribution >= 0.6 is 35.3 Å². The maximum Gasteiger partial charge on any atom is 0.327 e. The van der Waals surface area contributed by atoms with Crippen LogP contribution < -0.4 is 37.2 Å². The van der Waals surface area contributed by atoms with E-state index in [0.29, 0.717) is 48.6 Å². The number of thioether (sulfide) groups is 3. The van der Waals surface area contributed by atoms with Crippen LogP contribution in [0.25, 0.3) is 0 Å². The highest BCUT2D eigenvalue weighted by Crippen LogP contribution is 2.29. The van der Waals surface area contributed by atoms with Gasteiger partial charge < -0.3 is 72.5 Å². The van der Waals surface area contributed by atoms with Gasteiger partial charge in [0.1, 0.15) is 48.3 Å². The molecule has 4 aliphatic heterocycles. The van der Waals surface area contributed by atoms with Crippen LogP contribution in [0.1, 0.15) is 107 Å². The summed E-state index contributed by atoms with van der Waals surface area (Å²) in [5.74, 6) is -10.1. The summed E-state index contributed by atoms with van der Waals surface area (Å²) in [6.45, 7) is 6.85. The molecular formula is C66H96N12O18S3. The van der Waals surface area contributed by atoms with Crippen LogP contribution in [0.5, 0.6) is 0 Å². The number of hydrogen-bond acceptors (Lipinski definition) is 19. The van der Waals surface area contributed by atoms with Crippen LogP contribution in [0.15, 0.2) is 48.5 Å². The molecule has 0 radical (unpaired) electrons. The van der Waals surface area contributed by atoms with Crippen molar-refractivity contribution in [1.29, 1.82) is 0 Å². The Kier molecular flexibility index (Phi) is 33.3. The number of aliphatic carboxylic acids is 5. The van der Waals surface area contributed by atoms with Crippen molar-refractivity contribution in [2.24, 2.45) is 5.92 Å². The van der Waals surface area contributed by atoms with Crippen molar-refractivity contribution < 1.29 is 87.9 Å². The van der Waals surface area contributed by atoms with Gasteiger partial charge in [-0.25, -0.2) is 9.59 Å².